The standard InChI is InChI=1S/C38H61N3O10S2/c1-23(2)39-35(46)29(17-19-31(42)50-37(7,8)9)41-36(47)30(18-20-32(43)51-38(10,11)12)40-34(45)27-15-13-26(14-16-27)33(44)28(21-52-24(3)4)22-53(48,49)25(5)6/h13-16,23-25,28-30H,17-22H2,1-12H3,(H,39,46)(H,40,45)(H,41,47)/t28?,29?,30-/m0/s1. The summed E-state index contributed by atoms with van der Waals surface area (Å²) in [4.78, 5) is 78.8. The minimum Gasteiger partial charge on any atom is -0.460 e. The molecule has 0 spiro atoms. The number of sulfone groups is 1. The van der Waals surface area contributed by atoms with Crippen molar-refractivity contribution < 1.29 is 46.7 Å². The lowest BCUT2D eigenvalue weighted by Crippen LogP contribution is -2.54. The van der Waals surface area contributed by atoms with Gasteiger partial charge < -0.3 is 25.4 Å². The molecule has 0 aliphatic rings. The van der Waals surface area contributed by atoms with E-state index in [2.05, 4.69) is 16.0 Å². The van der Waals surface area contributed by atoms with Crippen molar-refractivity contribution in [3.8, 4) is 0 Å². The van der Waals surface area contributed by atoms with Gasteiger partial charge in [0.15, 0.2) is 15.6 Å². The maximum absolute atomic E-state index is 13.7. The summed E-state index contributed by atoms with van der Waals surface area (Å²) in [7, 11) is -3.52. The van der Waals surface area contributed by atoms with Gasteiger partial charge in [-0.1, -0.05) is 26.0 Å². The van der Waals surface area contributed by atoms with E-state index in [0.717, 1.165) is 0 Å². The molecule has 3 atom stereocenters. The first kappa shape index (κ1) is 47.6. The Bertz CT molecular complexity index is 1530. The van der Waals surface area contributed by atoms with Gasteiger partial charge in [-0.25, -0.2) is 8.42 Å². The zero-order valence-electron chi connectivity index (χ0n) is 33.4. The van der Waals surface area contributed by atoms with Gasteiger partial charge in [0, 0.05) is 41.7 Å². The highest BCUT2D eigenvalue weighted by Crippen LogP contribution is 2.22. The highest BCUT2D eigenvalue weighted by atomic mass is 32.2. The van der Waals surface area contributed by atoms with Gasteiger partial charge in [-0.05, 0) is 99.5 Å². The van der Waals surface area contributed by atoms with Gasteiger partial charge in [0.1, 0.15) is 23.3 Å². The molecule has 0 radical (unpaired) electrons. The summed E-state index contributed by atoms with van der Waals surface area (Å²) in [5, 5.41) is 7.53. The van der Waals surface area contributed by atoms with Crippen molar-refractivity contribution in [1.29, 1.82) is 0 Å². The fourth-order valence-corrected chi connectivity index (χ4v) is 7.00. The average molecular weight is 784 g/mol. The van der Waals surface area contributed by atoms with Crippen LogP contribution in [0.2, 0.25) is 0 Å². The number of hydrogen-bond donors (Lipinski definition) is 3. The topological polar surface area (TPSA) is 191 Å². The van der Waals surface area contributed by atoms with Crippen LogP contribution in [0.4, 0.5) is 0 Å². The zero-order chi connectivity index (χ0) is 40.9. The largest absolute Gasteiger partial charge is 0.460 e. The predicted molar refractivity (Wildman–Crippen MR) is 207 cm³/mol. The second-order valence-electron chi connectivity index (χ2n) is 15.9. The lowest BCUT2D eigenvalue weighted by molar-refractivity contribution is -0.156. The van der Waals surface area contributed by atoms with Crippen LogP contribution in [-0.2, 0) is 38.5 Å². The average Bonchev–Trinajstić information content (AvgIpc) is 3.00. The van der Waals surface area contributed by atoms with Crippen LogP contribution in [0.25, 0.3) is 0 Å². The molecule has 0 saturated carbocycles. The highest BCUT2D eigenvalue weighted by Gasteiger charge is 2.31. The van der Waals surface area contributed by atoms with E-state index in [1.54, 1.807) is 69.2 Å². The number of carbonyl (C=O) groups is 6. The quantitative estimate of drug-likeness (QED) is 0.122. The van der Waals surface area contributed by atoms with E-state index in [4.69, 9.17) is 9.47 Å². The number of carbonyl (C=O) groups excluding carboxylic acids is 6. The van der Waals surface area contributed by atoms with Gasteiger partial charge in [0.25, 0.3) is 5.91 Å². The fraction of sp³-hybridized carbons (Fsp3) is 0.684. The third-order valence-corrected chi connectivity index (χ3v) is 10.9. The second-order valence-corrected chi connectivity index (χ2v) is 20.1. The number of esters is 2. The third kappa shape index (κ3) is 18.9. The predicted octanol–water partition coefficient (Wildman–Crippen LogP) is 4.80. The number of amides is 3. The Morgan fingerprint density at radius 3 is 1.53 bits per heavy atom. The number of ketones is 1. The lowest BCUT2D eigenvalue weighted by Gasteiger charge is -2.25. The molecule has 3 N–H and O–H groups in total. The summed E-state index contributed by atoms with van der Waals surface area (Å²) in [6.45, 7) is 20.8. The normalized spacial score (nSPS) is 13.9. The van der Waals surface area contributed by atoms with Gasteiger partial charge in [-0.15, -0.1) is 0 Å². The van der Waals surface area contributed by atoms with Crippen molar-refractivity contribution in [2.24, 2.45) is 5.92 Å². The summed E-state index contributed by atoms with van der Waals surface area (Å²) < 4.78 is 36.2. The molecule has 1 rings (SSSR count). The van der Waals surface area contributed by atoms with Gasteiger partial charge in [0.2, 0.25) is 11.8 Å². The minimum atomic E-state index is -3.52. The van der Waals surface area contributed by atoms with Gasteiger partial charge >= 0.3 is 11.9 Å². The minimum absolute atomic E-state index is 0.0867. The van der Waals surface area contributed by atoms with E-state index in [1.807, 2.05) is 13.8 Å². The Balaban J connectivity index is 3.33. The lowest BCUT2D eigenvalue weighted by atomic mass is 9.99. The van der Waals surface area contributed by atoms with Gasteiger partial charge in [-0.3, -0.25) is 28.8 Å². The van der Waals surface area contributed by atoms with E-state index in [9.17, 15) is 37.2 Å². The number of benzene rings is 1. The molecule has 1 aromatic carbocycles. The van der Waals surface area contributed by atoms with Crippen LogP contribution < -0.4 is 16.0 Å². The van der Waals surface area contributed by atoms with Gasteiger partial charge in [0.05, 0.1) is 11.0 Å². The van der Waals surface area contributed by atoms with Crippen molar-refractivity contribution in [2.45, 2.75) is 149 Å². The molecule has 15 heteroatoms. The Morgan fingerprint density at radius 2 is 1.11 bits per heavy atom. The number of ether oxygens (including phenoxy) is 2. The molecule has 2 unspecified atom stereocenters. The maximum atomic E-state index is 13.7. The van der Waals surface area contributed by atoms with E-state index in [1.165, 1.54) is 36.0 Å². The zero-order valence-corrected chi connectivity index (χ0v) is 35.0. The molecule has 0 bridgehead atoms. The number of Topliss-reactive ketones (excluding diaryl/α,β-unsaturated/α-hetero) is 1. The first-order chi connectivity index (χ1) is 24.2. The van der Waals surface area contributed by atoms with Crippen LogP contribution in [0, 0.1) is 5.92 Å². The molecule has 0 aliphatic carbocycles. The SMILES string of the molecule is CC(C)NC(=O)C(CCC(=O)OC(C)(C)C)NC(=O)[C@H](CCC(=O)OC(C)(C)C)NC(=O)c1ccc(C(=O)C(CSC(C)C)CS(=O)(=O)C(C)C)cc1. The Labute approximate surface area is 320 Å². The van der Waals surface area contributed by atoms with Crippen LogP contribution in [0.1, 0.15) is 129 Å². The smallest absolute Gasteiger partial charge is 0.306 e. The fourth-order valence-electron chi connectivity index (χ4n) is 4.75. The van der Waals surface area contributed by atoms with Crippen LogP contribution in [-0.4, -0.2) is 95.2 Å². The Hall–Kier alpha value is -3.46. The summed E-state index contributed by atoms with van der Waals surface area (Å²) in [6, 6.07) is 2.93. The van der Waals surface area contributed by atoms with Crippen molar-refractivity contribution >= 4 is 57.0 Å². The Kier molecular flexibility index (Phi) is 18.7. The first-order valence-electron chi connectivity index (χ1n) is 18.0. The molecular weight excluding hydrogens is 723 g/mol. The second kappa shape index (κ2) is 20.8. The molecule has 53 heavy (non-hydrogen) atoms. The van der Waals surface area contributed by atoms with E-state index < -0.39 is 74.0 Å². The molecule has 0 heterocycles. The van der Waals surface area contributed by atoms with Crippen molar-refractivity contribution in [1.82, 2.24) is 16.0 Å². The molecule has 13 nitrogen and oxygen atoms in total. The third-order valence-electron chi connectivity index (χ3n) is 7.38. The molecule has 1 aromatic rings. The number of nitrogens with one attached hydrogen (secondary N) is 3. The maximum Gasteiger partial charge on any atom is 0.306 e. The highest BCUT2D eigenvalue weighted by molar-refractivity contribution is 8.00. The van der Waals surface area contributed by atoms with Crippen LogP contribution in [0.5, 0.6) is 0 Å². The van der Waals surface area contributed by atoms with E-state index >= 15 is 0 Å². The summed E-state index contributed by atoms with van der Waals surface area (Å²) in [5.41, 5.74) is -1.21. The monoisotopic (exact) mass is 783 g/mol. The molecule has 0 fully saturated rings. The number of rotatable bonds is 20. The van der Waals surface area contributed by atoms with Crippen molar-refractivity contribution in [3.63, 3.8) is 0 Å². The summed E-state index contributed by atoms with van der Waals surface area (Å²) in [5.74, 6) is -4.29. The summed E-state index contributed by atoms with van der Waals surface area (Å²) in [6.07, 6.45) is -0.670. The van der Waals surface area contributed by atoms with Crippen LogP contribution >= 0.6 is 11.8 Å². The number of hydrogen-bond acceptors (Lipinski definition) is 11. The molecule has 300 valence electrons. The molecule has 0 aliphatic heterocycles. The molecule has 3 amide bonds. The van der Waals surface area contributed by atoms with E-state index in [-0.39, 0.29) is 59.6 Å². The molecule has 0 saturated heterocycles. The molecular formula is C38H61N3O10S2. The van der Waals surface area contributed by atoms with Crippen LogP contribution in [0.3, 0.4) is 0 Å². The van der Waals surface area contributed by atoms with E-state index in [0.29, 0.717) is 5.75 Å². The van der Waals surface area contributed by atoms with Crippen molar-refractivity contribution in [2.75, 3.05) is 11.5 Å². The van der Waals surface area contributed by atoms with Gasteiger partial charge in [-0.2, -0.15) is 11.8 Å². The van der Waals surface area contributed by atoms with Crippen molar-refractivity contribution in [3.05, 3.63) is 35.4 Å². The molecule has 0 aromatic heterocycles. The summed E-state index contributed by atoms with van der Waals surface area (Å²) >= 11 is 1.49. The number of thioether (sulfide) groups is 1. The van der Waals surface area contributed by atoms with Crippen LogP contribution in [0.15, 0.2) is 24.3 Å². The first-order valence-corrected chi connectivity index (χ1v) is 20.8. The Morgan fingerprint density at radius 1 is 0.679 bits per heavy atom.